The number of halogens is 2. The fourth-order valence-electron chi connectivity index (χ4n) is 2.31. The van der Waals surface area contributed by atoms with Gasteiger partial charge in [-0.15, -0.1) is 11.8 Å². The van der Waals surface area contributed by atoms with E-state index in [2.05, 4.69) is 16.2 Å². The summed E-state index contributed by atoms with van der Waals surface area (Å²) in [6.07, 6.45) is 4.84. The van der Waals surface area contributed by atoms with Gasteiger partial charge in [-0.05, 0) is 43.3 Å². The highest BCUT2D eigenvalue weighted by Gasteiger charge is 2.15. The molecule has 1 saturated carbocycles. The average molecular weight is 359 g/mol. The number of benzene rings is 1. The average Bonchev–Trinajstić information content (AvgIpc) is 3.02. The monoisotopic (exact) mass is 359 g/mol. The Morgan fingerprint density at radius 1 is 1.22 bits per heavy atom. The molecule has 0 heterocycles. The highest BCUT2D eigenvalue weighted by atomic mass is 32.2. The van der Waals surface area contributed by atoms with Crippen molar-refractivity contribution >= 4 is 35.0 Å². The molecule has 0 radical (unpaired) electrons. The highest BCUT2D eigenvalue weighted by Crippen LogP contribution is 2.21. The molecule has 0 atom stereocenters. The SMILES string of the molecule is O=C(CCSc1ccc(F)c(F)c1)NNC(=S)NC1CCCC1. The normalized spacial score (nSPS) is 14.5. The van der Waals surface area contributed by atoms with Crippen LogP contribution in [0, 0.1) is 11.6 Å². The van der Waals surface area contributed by atoms with Crippen molar-refractivity contribution in [1.29, 1.82) is 0 Å². The van der Waals surface area contributed by atoms with E-state index in [1.165, 1.54) is 30.7 Å². The molecule has 4 nitrogen and oxygen atoms in total. The van der Waals surface area contributed by atoms with Crippen LogP contribution in [0.15, 0.2) is 23.1 Å². The first-order chi connectivity index (χ1) is 11.0. The standard InChI is InChI=1S/C15H19F2N3OS2/c16-12-6-5-11(9-13(12)17)23-8-7-14(21)19-20-15(22)18-10-3-1-2-4-10/h5-6,9-10H,1-4,7-8H2,(H,19,21)(H2,18,20,22). The number of nitrogens with one attached hydrogen (secondary N) is 3. The van der Waals surface area contributed by atoms with Crippen molar-refractivity contribution < 1.29 is 13.6 Å². The van der Waals surface area contributed by atoms with E-state index in [1.54, 1.807) is 0 Å². The first-order valence-corrected chi connectivity index (χ1v) is 8.87. The van der Waals surface area contributed by atoms with Crippen LogP contribution in [0.25, 0.3) is 0 Å². The van der Waals surface area contributed by atoms with Gasteiger partial charge in [-0.2, -0.15) is 0 Å². The van der Waals surface area contributed by atoms with Gasteiger partial charge in [0, 0.05) is 23.1 Å². The molecule has 126 valence electrons. The first kappa shape index (κ1) is 17.9. The number of carbonyl (C=O) groups excluding carboxylic acids is 1. The number of hydrazine groups is 1. The predicted octanol–water partition coefficient (Wildman–Crippen LogP) is 2.88. The van der Waals surface area contributed by atoms with Gasteiger partial charge < -0.3 is 5.32 Å². The van der Waals surface area contributed by atoms with Gasteiger partial charge in [-0.1, -0.05) is 12.8 Å². The summed E-state index contributed by atoms with van der Waals surface area (Å²) in [6, 6.07) is 4.07. The van der Waals surface area contributed by atoms with E-state index < -0.39 is 11.6 Å². The molecule has 8 heteroatoms. The molecule has 23 heavy (non-hydrogen) atoms. The van der Waals surface area contributed by atoms with E-state index in [9.17, 15) is 13.6 Å². The van der Waals surface area contributed by atoms with Gasteiger partial charge >= 0.3 is 0 Å². The Bertz CT molecular complexity index is 566. The van der Waals surface area contributed by atoms with Crippen LogP contribution in [0.3, 0.4) is 0 Å². The van der Waals surface area contributed by atoms with Gasteiger partial charge in [-0.3, -0.25) is 15.6 Å². The maximum absolute atomic E-state index is 13.0. The minimum atomic E-state index is -0.885. The molecule has 2 rings (SSSR count). The van der Waals surface area contributed by atoms with E-state index in [-0.39, 0.29) is 12.3 Å². The molecule has 0 saturated heterocycles. The minimum Gasteiger partial charge on any atom is -0.359 e. The number of carbonyl (C=O) groups is 1. The topological polar surface area (TPSA) is 53.2 Å². The molecule has 1 aliphatic rings. The Labute approximate surface area is 143 Å². The van der Waals surface area contributed by atoms with Crippen LogP contribution >= 0.6 is 24.0 Å². The van der Waals surface area contributed by atoms with Gasteiger partial charge in [0.15, 0.2) is 16.7 Å². The van der Waals surface area contributed by atoms with Crippen LogP contribution in [-0.4, -0.2) is 22.8 Å². The zero-order valence-electron chi connectivity index (χ0n) is 12.5. The van der Waals surface area contributed by atoms with Crippen LogP contribution in [0.2, 0.25) is 0 Å². The molecular formula is C15H19F2N3OS2. The van der Waals surface area contributed by atoms with Crippen LogP contribution in [0.4, 0.5) is 8.78 Å². The van der Waals surface area contributed by atoms with Gasteiger partial charge in [0.2, 0.25) is 5.91 Å². The summed E-state index contributed by atoms with van der Waals surface area (Å²) in [6.45, 7) is 0. The molecule has 1 fully saturated rings. The maximum atomic E-state index is 13.0. The van der Waals surface area contributed by atoms with Crippen LogP contribution in [-0.2, 0) is 4.79 Å². The first-order valence-electron chi connectivity index (χ1n) is 7.48. The molecule has 0 spiro atoms. The Kier molecular flexibility index (Phi) is 7.04. The highest BCUT2D eigenvalue weighted by molar-refractivity contribution is 7.99. The zero-order chi connectivity index (χ0) is 16.7. The maximum Gasteiger partial charge on any atom is 0.239 e. The van der Waals surface area contributed by atoms with Gasteiger partial charge in [0.05, 0.1) is 0 Å². The van der Waals surface area contributed by atoms with Crippen molar-refractivity contribution in [3.8, 4) is 0 Å². The number of hydrogen-bond acceptors (Lipinski definition) is 3. The van der Waals surface area contributed by atoms with E-state index >= 15 is 0 Å². The van der Waals surface area contributed by atoms with Crippen LogP contribution in [0.1, 0.15) is 32.1 Å². The van der Waals surface area contributed by atoms with E-state index in [1.807, 2.05) is 0 Å². The van der Waals surface area contributed by atoms with Crippen molar-refractivity contribution in [2.45, 2.75) is 43.0 Å². The molecule has 0 aliphatic heterocycles. The number of rotatable bonds is 5. The zero-order valence-corrected chi connectivity index (χ0v) is 14.2. The van der Waals surface area contributed by atoms with Crippen molar-refractivity contribution in [2.75, 3.05) is 5.75 Å². The number of thioether (sulfide) groups is 1. The summed E-state index contributed by atoms with van der Waals surface area (Å²) in [4.78, 5) is 12.3. The number of thiocarbonyl (C=S) groups is 1. The van der Waals surface area contributed by atoms with Crippen LogP contribution in [0.5, 0.6) is 0 Å². The summed E-state index contributed by atoms with van der Waals surface area (Å²) in [7, 11) is 0. The number of hydrogen-bond donors (Lipinski definition) is 3. The third-order valence-corrected chi connectivity index (χ3v) is 4.71. The molecule has 1 amide bonds. The summed E-state index contributed by atoms with van der Waals surface area (Å²) in [5, 5.41) is 3.57. The second-order valence-electron chi connectivity index (χ2n) is 5.30. The molecule has 0 aromatic heterocycles. The van der Waals surface area contributed by atoms with Crippen molar-refractivity contribution in [2.24, 2.45) is 0 Å². The molecule has 0 unspecified atom stereocenters. The molecule has 1 aromatic rings. The fourth-order valence-corrected chi connectivity index (χ4v) is 3.40. The Morgan fingerprint density at radius 2 is 1.96 bits per heavy atom. The summed E-state index contributed by atoms with van der Waals surface area (Å²) in [5.74, 6) is -1.51. The van der Waals surface area contributed by atoms with Gasteiger partial charge in [0.1, 0.15) is 0 Å². The lowest BCUT2D eigenvalue weighted by Gasteiger charge is -2.16. The number of amides is 1. The van der Waals surface area contributed by atoms with Gasteiger partial charge in [-0.25, -0.2) is 8.78 Å². The lowest BCUT2D eigenvalue weighted by atomic mass is 10.3. The Balaban J connectivity index is 1.60. The lowest BCUT2D eigenvalue weighted by molar-refractivity contribution is -0.121. The van der Waals surface area contributed by atoms with E-state index in [0.717, 1.165) is 25.0 Å². The molecule has 1 aromatic carbocycles. The summed E-state index contributed by atoms with van der Waals surface area (Å²) >= 11 is 6.39. The van der Waals surface area contributed by atoms with E-state index in [0.29, 0.717) is 21.8 Å². The van der Waals surface area contributed by atoms with Crippen molar-refractivity contribution in [3.05, 3.63) is 29.8 Å². The fraction of sp³-hybridized carbons (Fsp3) is 0.467. The summed E-state index contributed by atoms with van der Waals surface area (Å²) in [5.41, 5.74) is 5.20. The summed E-state index contributed by atoms with van der Waals surface area (Å²) < 4.78 is 25.8. The van der Waals surface area contributed by atoms with Gasteiger partial charge in [0.25, 0.3) is 0 Å². The quantitative estimate of drug-likeness (QED) is 0.429. The van der Waals surface area contributed by atoms with Crippen LogP contribution < -0.4 is 16.2 Å². The largest absolute Gasteiger partial charge is 0.359 e. The lowest BCUT2D eigenvalue weighted by Crippen LogP contribution is -2.49. The molecular weight excluding hydrogens is 340 g/mol. The third-order valence-electron chi connectivity index (χ3n) is 3.49. The smallest absolute Gasteiger partial charge is 0.239 e. The third kappa shape index (κ3) is 6.31. The van der Waals surface area contributed by atoms with E-state index in [4.69, 9.17) is 12.2 Å². The minimum absolute atomic E-state index is 0.212. The predicted molar refractivity (Wildman–Crippen MR) is 91.0 cm³/mol. The Hall–Kier alpha value is -1.41. The Morgan fingerprint density at radius 3 is 2.65 bits per heavy atom. The molecule has 0 bridgehead atoms. The molecule has 1 aliphatic carbocycles. The van der Waals surface area contributed by atoms with Crippen molar-refractivity contribution in [3.63, 3.8) is 0 Å². The molecule has 3 N–H and O–H groups in total. The second-order valence-corrected chi connectivity index (χ2v) is 6.88. The second kappa shape index (κ2) is 9.02. The van der Waals surface area contributed by atoms with Crippen molar-refractivity contribution in [1.82, 2.24) is 16.2 Å².